The van der Waals surface area contributed by atoms with Gasteiger partial charge in [0.2, 0.25) is 0 Å². The molecule has 4 rings (SSSR count). The maximum atomic E-state index is 13.2. The second-order valence-corrected chi connectivity index (χ2v) is 9.71. The van der Waals surface area contributed by atoms with Crippen molar-refractivity contribution in [1.82, 2.24) is 4.98 Å². The minimum Gasteiger partial charge on any atom is -0.489 e. The van der Waals surface area contributed by atoms with Gasteiger partial charge in [0.05, 0.1) is 35.1 Å². The predicted molar refractivity (Wildman–Crippen MR) is 155 cm³/mol. The number of benzene rings is 3. The lowest BCUT2D eigenvalue weighted by Crippen LogP contribution is -2.36. The maximum Gasteiger partial charge on any atom is 0.257 e. The molecule has 0 spiro atoms. The Labute approximate surface area is 242 Å². The quantitative estimate of drug-likeness (QED) is 0.246. The number of anilines is 2. The first-order valence-electron chi connectivity index (χ1n) is 12.8. The molecule has 0 aliphatic rings. The van der Waals surface area contributed by atoms with E-state index < -0.39 is 17.4 Å². The Morgan fingerprint density at radius 2 is 1.38 bits per heavy atom. The van der Waals surface area contributed by atoms with Gasteiger partial charge in [0.25, 0.3) is 11.8 Å². The smallest absolute Gasteiger partial charge is 0.257 e. The van der Waals surface area contributed by atoms with E-state index in [1.807, 2.05) is 0 Å². The molecule has 1 heterocycles. The van der Waals surface area contributed by atoms with Gasteiger partial charge < -0.3 is 25.2 Å². The predicted octanol–water partition coefficient (Wildman–Crippen LogP) is 4.94. The Kier molecular flexibility index (Phi) is 9.13. The summed E-state index contributed by atoms with van der Waals surface area (Å²) in [6, 6.07) is 26.1. The summed E-state index contributed by atoms with van der Waals surface area (Å²) in [4.78, 5) is 29.4. The van der Waals surface area contributed by atoms with Crippen LogP contribution in [-0.2, 0) is 18.0 Å². The Hall–Kier alpha value is -5.71. The number of hydrogen-bond acceptors (Lipinski definition) is 8. The SMILES string of the molecule is CC(C)(O)C(=O)Nc1ccc(NC(=O)c2cc(OCc3ccccc3C#N)cc(OCc3ccccc3C#N)c2)nc1. The summed E-state index contributed by atoms with van der Waals surface area (Å²) in [6.45, 7) is 2.91. The van der Waals surface area contributed by atoms with Crippen LogP contribution >= 0.6 is 0 Å². The van der Waals surface area contributed by atoms with Crippen molar-refractivity contribution < 1.29 is 24.2 Å². The van der Waals surface area contributed by atoms with Gasteiger partial charge >= 0.3 is 0 Å². The third-order valence-electron chi connectivity index (χ3n) is 6.03. The lowest BCUT2D eigenvalue weighted by atomic mass is 10.1. The van der Waals surface area contributed by atoms with Crippen LogP contribution in [0.2, 0.25) is 0 Å². The van der Waals surface area contributed by atoms with Gasteiger partial charge in [0.15, 0.2) is 0 Å². The first-order valence-corrected chi connectivity index (χ1v) is 12.8. The van der Waals surface area contributed by atoms with Gasteiger partial charge in [-0.3, -0.25) is 9.59 Å². The van der Waals surface area contributed by atoms with Crippen LogP contribution < -0.4 is 20.1 Å². The van der Waals surface area contributed by atoms with E-state index in [0.29, 0.717) is 39.4 Å². The van der Waals surface area contributed by atoms with Crippen LogP contribution in [0.3, 0.4) is 0 Å². The summed E-state index contributed by atoms with van der Waals surface area (Å²) in [6.07, 6.45) is 1.35. The number of carbonyl (C=O) groups excluding carboxylic acids is 2. The van der Waals surface area contributed by atoms with E-state index in [-0.39, 0.29) is 24.6 Å². The lowest BCUT2D eigenvalue weighted by Gasteiger charge is -2.16. The third kappa shape index (κ3) is 7.69. The molecule has 3 N–H and O–H groups in total. The molecule has 2 amide bonds. The minimum atomic E-state index is -1.56. The zero-order chi connectivity index (χ0) is 30.1. The summed E-state index contributed by atoms with van der Waals surface area (Å²) in [5, 5.41) is 33.8. The molecule has 0 aliphatic heterocycles. The van der Waals surface area contributed by atoms with Crippen molar-refractivity contribution in [3.05, 3.63) is 113 Å². The van der Waals surface area contributed by atoms with Crippen molar-refractivity contribution in [3.63, 3.8) is 0 Å². The van der Waals surface area contributed by atoms with Gasteiger partial charge in [-0.05, 0) is 50.2 Å². The highest BCUT2D eigenvalue weighted by atomic mass is 16.5. The second kappa shape index (κ2) is 13.1. The van der Waals surface area contributed by atoms with Crippen molar-refractivity contribution in [2.75, 3.05) is 10.6 Å². The van der Waals surface area contributed by atoms with Gasteiger partial charge in [-0.1, -0.05) is 36.4 Å². The van der Waals surface area contributed by atoms with Gasteiger partial charge in [-0.2, -0.15) is 10.5 Å². The lowest BCUT2D eigenvalue weighted by molar-refractivity contribution is -0.130. The standard InChI is InChI=1S/C32H27N5O5/c1-32(2,40)31(39)36-26-11-12-29(35-18-26)37-30(38)25-13-27(41-19-23-9-5-3-7-21(23)16-33)15-28(14-25)42-20-24-10-6-4-8-22(24)17-34/h3-15,18,40H,19-20H2,1-2H3,(H,36,39)(H,35,37,38). The second-order valence-electron chi connectivity index (χ2n) is 9.71. The van der Waals surface area contributed by atoms with Crippen LogP contribution in [0.5, 0.6) is 11.5 Å². The molecule has 4 aromatic rings. The molecule has 0 saturated heterocycles. The largest absolute Gasteiger partial charge is 0.489 e. The topological polar surface area (TPSA) is 157 Å². The highest BCUT2D eigenvalue weighted by molar-refractivity contribution is 6.04. The number of hydrogen-bond donors (Lipinski definition) is 3. The molecule has 10 nitrogen and oxygen atoms in total. The molecule has 0 radical (unpaired) electrons. The van der Waals surface area contributed by atoms with Crippen LogP contribution in [0, 0.1) is 22.7 Å². The van der Waals surface area contributed by atoms with E-state index >= 15 is 0 Å². The normalized spacial score (nSPS) is 10.6. The number of amides is 2. The highest BCUT2D eigenvalue weighted by Gasteiger charge is 2.23. The van der Waals surface area contributed by atoms with Crippen molar-refractivity contribution in [1.29, 1.82) is 10.5 Å². The highest BCUT2D eigenvalue weighted by Crippen LogP contribution is 2.26. The van der Waals surface area contributed by atoms with E-state index in [1.54, 1.807) is 72.8 Å². The Morgan fingerprint density at radius 1 is 0.833 bits per heavy atom. The van der Waals surface area contributed by atoms with Gasteiger partial charge in [0, 0.05) is 22.8 Å². The van der Waals surface area contributed by atoms with Crippen molar-refractivity contribution in [2.24, 2.45) is 0 Å². The first kappa shape index (κ1) is 29.3. The van der Waals surface area contributed by atoms with E-state index in [9.17, 15) is 25.2 Å². The van der Waals surface area contributed by atoms with Crippen molar-refractivity contribution >= 4 is 23.3 Å². The molecule has 0 fully saturated rings. The number of carbonyl (C=O) groups is 2. The summed E-state index contributed by atoms with van der Waals surface area (Å²) in [5.74, 6) is -0.213. The fourth-order valence-electron chi connectivity index (χ4n) is 3.72. The summed E-state index contributed by atoms with van der Waals surface area (Å²) < 4.78 is 11.9. The molecular weight excluding hydrogens is 534 g/mol. The van der Waals surface area contributed by atoms with Crippen molar-refractivity contribution in [3.8, 4) is 23.6 Å². The molecule has 10 heteroatoms. The summed E-state index contributed by atoms with van der Waals surface area (Å²) in [7, 11) is 0. The minimum absolute atomic E-state index is 0.0882. The van der Waals surface area contributed by atoms with E-state index in [0.717, 1.165) is 0 Å². The number of nitrogens with one attached hydrogen (secondary N) is 2. The molecule has 0 bridgehead atoms. The Balaban J connectivity index is 1.54. The maximum absolute atomic E-state index is 13.2. The van der Waals surface area contributed by atoms with E-state index in [1.165, 1.54) is 26.1 Å². The van der Waals surface area contributed by atoms with E-state index in [2.05, 4.69) is 27.8 Å². The Bertz CT molecular complexity index is 1600. The van der Waals surface area contributed by atoms with Crippen molar-refractivity contribution in [2.45, 2.75) is 32.7 Å². The number of nitriles is 2. The zero-order valence-electron chi connectivity index (χ0n) is 22.9. The average molecular weight is 562 g/mol. The fraction of sp³-hybridized carbons (Fsp3) is 0.156. The molecule has 210 valence electrons. The third-order valence-corrected chi connectivity index (χ3v) is 6.03. The van der Waals surface area contributed by atoms with Crippen LogP contribution in [0.25, 0.3) is 0 Å². The van der Waals surface area contributed by atoms with Gasteiger partial charge in [-0.25, -0.2) is 4.98 Å². The number of rotatable bonds is 10. The van der Waals surface area contributed by atoms with Crippen LogP contribution in [-0.4, -0.2) is 27.5 Å². The summed E-state index contributed by atoms with van der Waals surface area (Å²) in [5.41, 5.74) is 1.32. The molecule has 0 atom stereocenters. The number of nitrogens with zero attached hydrogens (tertiary/aromatic N) is 3. The van der Waals surface area contributed by atoms with Crippen LogP contribution in [0.4, 0.5) is 11.5 Å². The molecule has 42 heavy (non-hydrogen) atoms. The molecule has 0 unspecified atom stereocenters. The Morgan fingerprint density at radius 3 is 1.86 bits per heavy atom. The number of ether oxygens (including phenoxy) is 2. The molecular formula is C32H27N5O5. The summed E-state index contributed by atoms with van der Waals surface area (Å²) >= 11 is 0. The monoisotopic (exact) mass is 561 g/mol. The number of pyridine rings is 1. The van der Waals surface area contributed by atoms with Gasteiger partial charge in [0.1, 0.15) is 36.1 Å². The van der Waals surface area contributed by atoms with Gasteiger partial charge in [-0.15, -0.1) is 0 Å². The first-order chi connectivity index (χ1) is 20.2. The molecule has 1 aromatic heterocycles. The zero-order valence-corrected chi connectivity index (χ0v) is 22.9. The number of aromatic nitrogens is 1. The molecule has 0 saturated carbocycles. The number of aliphatic hydroxyl groups is 1. The fourth-order valence-corrected chi connectivity index (χ4v) is 3.72. The van der Waals surface area contributed by atoms with Crippen LogP contribution in [0.15, 0.2) is 85.1 Å². The van der Waals surface area contributed by atoms with Crippen LogP contribution in [0.1, 0.15) is 46.5 Å². The average Bonchev–Trinajstić information content (AvgIpc) is 2.99. The molecule has 0 aliphatic carbocycles. The van der Waals surface area contributed by atoms with E-state index in [4.69, 9.17) is 9.47 Å². The molecule has 3 aromatic carbocycles.